The number of anilines is 3. The molecule has 0 atom stereocenters. The maximum absolute atomic E-state index is 12.1. The third-order valence-corrected chi connectivity index (χ3v) is 5.86. The lowest BCUT2D eigenvalue weighted by Crippen LogP contribution is -2.28. The number of thiocarbonyl (C=S) groups is 1. The first-order valence-electron chi connectivity index (χ1n) is 6.41. The highest BCUT2D eigenvalue weighted by atomic mass is 32.2. The summed E-state index contributed by atoms with van der Waals surface area (Å²) >= 11 is 8.44. The number of thioether (sulfide) groups is 1. The van der Waals surface area contributed by atoms with Crippen molar-refractivity contribution in [3.8, 4) is 0 Å². The van der Waals surface area contributed by atoms with Crippen LogP contribution in [0.25, 0.3) is 0 Å². The van der Waals surface area contributed by atoms with E-state index in [-0.39, 0.29) is 5.91 Å². The van der Waals surface area contributed by atoms with Crippen LogP contribution in [0.2, 0.25) is 0 Å². The third kappa shape index (κ3) is 2.14. The Morgan fingerprint density at radius 3 is 2.71 bits per heavy atom. The fourth-order valence-corrected chi connectivity index (χ4v) is 4.51. The molecule has 2 aromatic carbocycles. The van der Waals surface area contributed by atoms with Crippen LogP contribution in [0.3, 0.4) is 0 Å². The Hall–Kier alpha value is -1.50. The summed E-state index contributed by atoms with van der Waals surface area (Å²) in [6, 6.07) is 14.1. The number of hydrogen-bond acceptors (Lipinski definition) is 5. The van der Waals surface area contributed by atoms with Crippen molar-refractivity contribution in [3.05, 3.63) is 42.5 Å². The zero-order valence-corrected chi connectivity index (χ0v) is 13.3. The fourth-order valence-electron chi connectivity index (χ4n) is 2.42. The molecule has 6 heteroatoms. The molecule has 1 N–H and O–H groups in total. The summed E-state index contributed by atoms with van der Waals surface area (Å²) in [5.74, 6) is 0.468. The maximum Gasteiger partial charge on any atom is 0.243 e. The highest BCUT2D eigenvalue weighted by molar-refractivity contribution is 8.24. The number of nitrogens with one attached hydrogen (secondary N) is 1. The lowest BCUT2D eigenvalue weighted by Gasteiger charge is -2.26. The molecule has 4 rings (SSSR count). The summed E-state index contributed by atoms with van der Waals surface area (Å²) in [4.78, 5) is 16.0. The predicted octanol–water partition coefficient (Wildman–Crippen LogP) is 4.26. The van der Waals surface area contributed by atoms with Crippen LogP contribution < -0.4 is 10.2 Å². The van der Waals surface area contributed by atoms with Gasteiger partial charge in [0.15, 0.2) is 0 Å². The largest absolute Gasteiger partial charge is 0.352 e. The second-order valence-electron chi connectivity index (χ2n) is 4.66. The molecule has 1 saturated heterocycles. The molecule has 0 unspecified atom stereocenters. The van der Waals surface area contributed by atoms with Crippen molar-refractivity contribution >= 4 is 63.0 Å². The number of carbonyl (C=O) groups is 1. The van der Waals surface area contributed by atoms with Crippen molar-refractivity contribution in [1.82, 2.24) is 0 Å². The highest BCUT2D eigenvalue weighted by Gasteiger charge is 2.31. The van der Waals surface area contributed by atoms with E-state index >= 15 is 0 Å². The molecular formula is C15H10N2OS3. The minimum atomic E-state index is 0.0454. The predicted molar refractivity (Wildman–Crippen MR) is 92.8 cm³/mol. The van der Waals surface area contributed by atoms with Crippen molar-refractivity contribution in [2.45, 2.75) is 9.79 Å². The molecule has 1 fully saturated rings. The normalized spacial score (nSPS) is 16.5. The Bertz CT molecular complexity index is 759. The first-order valence-corrected chi connectivity index (χ1v) is 8.62. The number of hydrogen-bond donors (Lipinski definition) is 1. The van der Waals surface area contributed by atoms with Crippen LogP contribution in [0.1, 0.15) is 0 Å². The summed E-state index contributed by atoms with van der Waals surface area (Å²) in [5, 5.41) is 3.44. The molecular weight excluding hydrogens is 320 g/mol. The summed E-state index contributed by atoms with van der Waals surface area (Å²) < 4.78 is 0.624. The molecule has 0 spiro atoms. The highest BCUT2D eigenvalue weighted by Crippen LogP contribution is 2.48. The molecule has 2 aromatic rings. The van der Waals surface area contributed by atoms with Gasteiger partial charge in [0.2, 0.25) is 5.91 Å². The quantitative estimate of drug-likeness (QED) is 0.674. The van der Waals surface area contributed by atoms with E-state index < -0.39 is 0 Å². The molecule has 0 saturated carbocycles. The van der Waals surface area contributed by atoms with E-state index in [4.69, 9.17) is 12.2 Å². The van der Waals surface area contributed by atoms with Gasteiger partial charge in [0.05, 0.1) is 22.8 Å². The topological polar surface area (TPSA) is 32.3 Å². The monoisotopic (exact) mass is 330 g/mol. The van der Waals surface area contributed by atoms with Crippen LogP contribution in [0, 0.1) is 0 Å². The Kier molecular flexibility index (Phi) is 3.17. The molecule has 21 heavy (non-hydrogen) atoms. The average molecular weight is 330 g/mol. The van der Waals surface area contributed by atoms with Crippen molar-refractivity contribution in [1.29, 1.82) is 0 Å². The SMILES string of the molecule is O=C1CSC(=S)N1c1cccc2c1Nc1ccccc1S2. The Morgan fingerprint density at radius 1 is 1.10 bits per heavy atom. The molecule has 0 bridgehead atoms. The van der Waals surface area contributed by atoms with Crippen LogP contribution in [0.15, 0.2) is 52.3 Å². The van der Waals surface area contributed by atoms with Gasteiger partial charge in [0.25, 0.3) is 0 Å². The second-order valence-corrected chi connectivity index (χ2v) is 7.35. The van der Waals surface area contributed by atoms with Crippen molar-refractivity contribution in [3.63, 3.8) is 0 Å². The number of fused-ring (bicyclic) bond motifs is 2. The summed E-state index contributed by atoms with van der Waals surface area (Å²) in [7, 11) is 0. The van der Waals surface area contributed by atoms with Gasteiger partial charge >= 0.3 is 0 Å². The van der Waals surface area contributed by atoms with Crippen LogP contribution in [-0.4, -0.2) is 16.0 Å². The van der Waals surface area contributed by atoms with Crippen molar-refractivity contribution in [2.75, 3.05) is 16.0 Å². The van der Waals surface area contributed by atoms with Crippen LogP contribution in [-0.2, 0) is 4.79 Å². The van der Waals surface area contributed by atoms with Crippen molar-refractivity contribution < 1.29 is 4.79 Å². The smallest absolute Gasteiger partial charge is 0.243 e. The number of amides is 1. The summed E-state index contributed by atoms with van der Waals surface area (Å²) in [5.41, 5.74) is 2.86. The number of nitrogens with zero attached hydrogens (tertiary/aromatic N) is 1. The molecule has 0 aromatic heterocycles. The van der Waals surface area contributed by atoms with Gasteiger partial charge in [-0.25, -0.2) is 0 Å². The molecule has 0 radical (unpaired) electrons. The van der Waals surface area contributed by atoms with Crippen LogP contribution in [0.4, 0.5) is 17.1 Å². The molecule has 3 nitrogen and oxygen atoms in total. The standard InChI is InChI=1S/C15H10N2OS3/c18-13-8-20-15(19)17(13)10-5-3-7-12-14(10)16-9-4-1-2-6-11(9)21-12/h1-7,16H,8H2. The molecule has 104 valence electrons. The molecule has 0 aliphatic carbocycles. The minimum absolute atomic E-state index is 0.0454. The number of benzene rings is 2. The van der Waals surface area contributed by atoms with Gasteiger partial charge < -0.3 is 5.32 Å². The molecule has 1 amide bonds. The number of para-hydroxylation sites is 2. The van der Waals surface area contributed by atoms with E-state index in [2.05, 4.69) is 17.4 Å². The van der Waals surface area contributed by atoms with Crippen molar-refractivity contribution in [2.24, 2.45) is 0 Å². The second kappa shape index (κ2) is 5.05. The van der Waals surface area contributed by atoms with E-state index in [1.165, 1.54) is 16.7 Å². The average Bonchev–Trinajstić information content (AvgIpc) is 2.84. The Balaban J connectivity index is 1.83. The first kappa shape index (κ1) is 13.2. The Morgan fingerprint density at radius 2 is 1.90 bits per heavy atom. The molecule has 2 heterocycles. The van der Waals surface area contributed by atoms with Gasteiger partial charge in [-0.3, -0.25) is 9.69 Å². The Labute approximate surface area is 136 Å². The van der Waals surface area contributed by atoms with Gasteiger partial charge in [-0.2, -0.15) is 0 Å². The maximum atomic E-state index is 12.1. The third-order valence-electron chi connectivity index (χ3n) is 3.36. The van der Waals surface area contributed by atoms with Gasteiger partial charge in [-0.05, 0) is 24.3 Å². The summed E-state index contributed by atoms with van der Waals surface area (Å²) in [6.07, 6.45) is 0. The van der Waals surface area contributed by atoms with E-state index in [9.17, 15) is 4.79 Å². The van der Waals surface area contributed by atoms with E-state index in [0.717, 1.165) is 22.0 Å². The lowest BCUT2D eigenvalue weighted by molar-refractivity contribution is -0.115. The minimum Gasteiger partial charge on any atom is -0.352 e. The van der Waals surface area contributed by atoms with E-state index in [1.807, 2.05) is 30.3 Å². The van der Waals surface area contributed by atoms with E-state index in [1.54, 1.807) is 16.7 Å². The first-order chi connectivity index (χ1) is 10.2. The van der Waals surface area contributed by atoms with Gasteiger partial charge in [0.1, 0.15) is 4.32 Å². The van der Waals surface area contributed by atoms with Gasteiger partial charge in [0, 0.05) is 9.79 Å². The number of carbonyl (C=O) groups excluding carboxylic acids is 1. The molecule has 2 aliphatic heterocycles. The number of rotatable bonds is 1. The van der Waals surface area contributed by atoms with Gasteiger partial charge in [-0.1, -0.05) is 53.9 Å². The van der Waals surface area contributed by atoms with Crippen LogP contribution in [0.5, 0.6) is 0 Å². The fraction of sp³-hybridized carbons (Fsp3) is 0.0667. The molecule has 2 aliphatic rings. The van der Waals surface area contributed by atoms with E-state index in [0.29, 0.717) is 10.1 Å². The summed E-state index contributed by atoms with van der Waals surface area (Å²) in [6.45, 7) is 0. The lowest BCUT2D eigenvalue weighted by atomic mass is 10.2. The van der Waals surface area contributed by atoms with Crippen LogP contribution >= 0.6 is 35.7 Å². The zero-order chi connectivity index (χ0) is 14.4. The zero-order valence-electron chi connectivity index (χ0n) is 10.8. The van der Waals surface area contributed by atoms with Gasteiger partial charge in [-0.15, -0.1) is 0 Å².